The van der Waals surface area contributed by atoms with E-state index in [1.165, 1.54) is 0 Å². The van der Waals surface area contributed by atoms with E-state index in [0.29, 0.717) is 11.6 Å². The molecule has 1 aromatic carbocycles. The highest BCUT2D eigenvalue weighted by molar-refractivity contribution is 6.30. The number of carbonyl (C=O) groups excluding carboxylic acids is 1. The first-order chi connectivity index (χ1) is 11.2. The van der Waals surface area contributed by atoms with Gasteiger partial charge in [0.1, 0.15) is 0 Å². The fraction of sp³-hybridized carbons (Fsp3) is 0.444. The second kappa shape index (κ2) is 7.18. The highest BCUT2D eigenvalue weighted by Crippen LogP contribution is 2.41. The average molecular weight is 332 g/mol. The van der Waals surface area contributed by atoms with E-state index in [9.17, 15) is 4.79 Å². The molecule has 0 bridgehead atoms. The van der Waals surface area contributed by atoms with Gasteiger partial charge in [0.25, 0.3) is 0 Å². The van der Waals surface area contributed by atoms with Gasteiger partial charge in [-0.2, -0.15) is 0 Å². The standard InChI is InChI=1S/C18H22ClN3O/c19-16-6-4-15(5-7-16)18(8-1-2-9-18)17(23)21-10-3-12-22-13-11-20-14-22/h4-7,11,13-14H,1-3,8-10,12H2,(H,21,23). The molecule has 1 aromatic heterocycles. The molecule has 1 fully saturated rings. The topological polar surface area (TPSA) is 46.9 Å². The number of halogens is 1. The molecule has 0 radical (unpaired) electrons. The molecule has 1 aliphatic rings. The van der Waals surface area contributed by atoms with Gasteiger partial charge >= 0.3 is 0 Å². The molecular weight excluding hydrogens is 310 g/mol. The molecule has 0 saturated heterocycles. The maximum atomic E-state index is 12.9. The van der Waals surface area contributed by atoms with Crippen molar-refractivity contribution in [2.24, 2.45) is 0 Å². The Morgan fingerprint density at radius 3 is 2.65 bits per heavy atom. The molecule has 1 amide bonds. The Balaban J connectivity index is 1.61. The number of nitrogens with zero attached hydrogens (tertiary/aromatic N) is 2. The van der Waals surface area contributed by atoms with Crippen molar-refractivity contribution >= 4 is 17.5 Å². The summed E-state index contributed by atoms with van der Waals surface area (Å²) in [5.41, 5.74) is 0.714. The van der Waals surface area contributed by atoms with E-state index in [4.69, 9.17) is 11.6 Å². The zero-order valence-corrected chi connectivity index (χ0v) is 13.9. The molecule has 4 nitrogen and oxygen atoms in total. The molecule has 1 aliphatic carbocycles. The summed E-state index contributed by atoms with van der Waals surface area (Å²) >= 11 is 5.99. The van der Waals surface area contributed by atoms with Crippen LogP contribution >= 0.6 is 11.6 Å². The molecule has 23 heavy (non-hydrogen) atoms. The molecule has 1 heterocycles. The van der Waals surface area contributed by atoms with Crippen molar-refractivity contribution < 1.29 is 4.79 Å². The fourth-order valence-corrected chi connectivity index (χ4v) is 3.57. The lowest BCUT2D eigenvalue weighted by molar-refractivity contribution is -0.126. The first-order valence-electron chi connectivity index (χ1n) is 8.21. The lowest BCUT2D eigenvalue weighted by atomic mass is 9.78. The third-order valence-corrected chi connectivity index (χ3v) is 4.98. The number of hydrogen-bond acceptors (Lipinski definition) is 2. The summed E-state index contributed by atoms with van der Waals surface area (Å²) in [6.07, 6.45) is 10.5. The molecule has 122 valence electrons. The predicted molar refractivity (Wildman–Crippen MR) is 91.5 cm³/mol. The smallest absolute Gasteiger partial charge is 0.230 e. The number of aromatic nitrogens is 2. The zero-order valence-electron chi connectivity index (χ0n) is 13.2. The van der Waals surface area contributed by atoms with Crippen molar-refractivity contribution in [1.29, 1.82) is 0 Å². The Bertz CT molecular complexity index is 631. The van der Waals surface area contributed by atoms with E-state index in [1.54, 1.807) is 12.5 Å². The van der Waals surface area contributed by atoms with Gasteiger partial charge in [0.05, 0.1) is 11.7 Å². The first-order valence-corrected chi connectivity index (χ1v) is 8.59. The van der Waals surface area contributed by atoms with E-state index in [2.05, 4.69) is 10.3 Å². The Morgan fingerprint density at radius 2 is 2.00 bits per heavy atom. The van der Waals surface area contributed by atoms with Crippen LogP contribution < -0.4 is 5.32 Å². The molecular formula is C18H22ClN3O. The van der Waals surface area contributed by atoms with Crippen molar-refractivity contribution in [3.63, 3.8) is 0 Å². The number of imidazole rings is 1. The summed E-state index contributed by atoms with van der Waals surface area (Å²) in [4.78, 5) is 16.9. The van der Waals surface area contributed by atoms with Crippen molar-refractivity contribution in [3.8, 4) is 0 Å². The molecule has 0 atom stereocenters. The Labute approximate surface area is 141 Å². The average Bonchev–Trinajstić information content (AvgIpc) is 3.24. The first kappa shape index (κ1) is 16.1. The second-order valence-electron chi connectivity index (χ2n) is 6.21. The number of nitrogens with one attached hydrogen (secondary N) is 1. The number of rotatable bonds is 6. The van der Waals surface area contributed by atoms with Crippen molar-refractivity contribution in [2.75, 3.05) is 6.54 Å². The van der Waals surface area contributed by atoms with E-state index in [0.717, 1.165) is 44.2 Å². The van der Waals surface area contributed by atoms with Gasteiger partial charge in [-0.15, -0.1) is 0 Å². The van der Waals surface area contributed by atoms with E-state index in [1.807, 2.05) is 35.0 Å². The minimum Gasteiger partial charge on any atom is -0.355 e. The summed E-state index contributed by atoms with van der Waals surface area (Å²) in [5.74, 6) is 0.156. The number of carbonyl (C=O) groups is 1. The zero-order chi connectivity index (χ0) is 16.1. The SMILES string of the molecule is O=C(NCCCn1ccnc1)C1(c2ccc(Cl)cc2)CCCC1. The van der Waals surface area contributed by atoms with Gasteiger partial charge < -0.3 is 9.88 Å². The number of hydrogen-bond donors (Lipinski definition) is 1. The molecule has 5 heteroatoms. The van der Waals surface area contributed by atoms with Crippen LogP contribution in [0.2, 0.25) is 5.02 Å². The van der Waals surface area contributed by atoms with Crippen LogP contribution in [0.4, 0.5) is 0 Å². The van der Waals surface area contributed by atoms with Gasteiger partial charge in [0.2, 0.25) is 5.91 Å². The third-order valence-electron chi connectivity index (χ3n) is 4.73. The van der Waals surface area contributed by atoms with Crippen LogP contribution in [-0.2, 0) is 16.8 Å². The van der Waals surface area contributed by atoms with Gasteiger partial charge in [0.15, 0.2) is 0 Å². The second-order valence-corrected chi connectivity index (χ2v) is 6.64. The lowest BCUT2D eigenvalue weighted by Crippen LogP contribution is -2.43. The predicted octanol–water partition coefficient (Wildman–Crippen LogP) is 3.55. The van der Waals surface area contributed by atoms with Gasteiger partial charge in [-0.1, -0.05) is 36.6 Å². The van der Waals surface area contributed by atoms with Crippen molar-refractivity contribution in [2.45, 2.75) is 44.1 Å². The van der Waals surface area contributed by atoms with Crippen LogP contribution in [0, 0.1) is 0 Å². The maximum Gasteiger partial charge on any atom is 0.230 e. The maximum absolute atomic E-state index is 12.9. The van der Waals surface area contributed by atoms with Crippen molar-refractivity contribution in [1.82, 2.24) is 14.9 Å². The minimum absolute atomic E-state index is 0.156. The Kier molecular flexibility index (Phi) is 5.01. The number of aryl methyl sites for hydroxylation is 1. The number of benzene rings is 1. The molecule has 0 aliphatic heterocycles. The van der Waals surface area contributed by atoms with Gasteiger partial charge in [-0.05, 0) is 37.0 Å². The van der Waals surface area contributed by atoms with Crippen LogP contribution in [0.15, 0.2) is 43.0 Å². The summed E-state index contributed by atoms with van der Waals surface area (Å²) < 4.78 is 2.02. The van der Waals surface area contributed by atoms with Crippen LogP contribution in [-0.4, -0.2) is 22.0 Å². The quantitative estimate of drug-likeness (QED) is 0.823. The van der Waals surface area contributed by atoms with Crippen LogP contribution in [0.1, 0.15) is 37.7 Å². The highest BCUT2D eigenvalue weighted by Gasteiger charge is 2.42. The van der Waals surface area contributed by atoms with Crippen molar-refractivity contribution in [3.05, 3.63) is 53.6 Å². The highest BCUT2D eigenvalue weighted by atomic mass is 35.5. The lowest BCUT2D eigenvalue weighted by Gasteiger charge is -2.28. The Hall–Kier alpha value is -1.81. The van der Waals surface area contributed by atoms with Crippen LogP contribution in [0.5, 0.6) is 0 Å². The van der Waals surface area contributed by atoms with E-state index in [-0.39, 0.29) is 11.3 Å². The van der Waals surface area contributed by atoms with Gasteiger partial charge in [-0.25, -0.2) is 4.98 Å². The molecule has 0 unspecified atom stereocenters. The molecule has 3 rings (SSSR count). The summed E-state index contributed by atoms with van der Waals surface area (Å²) in [6, 6.07) is 7.75. The molecule has 2 aromatic rings. The minimum atomic E-state index is -0.375. The van der Waals surface area contributed by atoms with Gasteiger partial charge in [-0.3, -0.25) is 4.79 Å². The largest absolute Gasteiger partial charge is 0.355 e. The summed E-state index contributed by atoms with van der Waals surface area (Å²) in [6.45, 7) is 1.56. The third kappa shape index (κ3) is 3.58. The monoisotopic (exact) mass is 331 g/mol. The Morgan fingerprint density at radius 1 is 1.26 bits per heavy atom. The molecule has 0 spiro atoms. The van der Waals surface area contributed by atoms with Gasteiger partial charge in [0, 0.05) is 30.5 Å². The summed E-state index contributed by atoms with van der Waals surface area (Å²) in [7, 11) is 0. The van der Waals surface area contributed by atoms with E-state index >= 15 is 0 Å². The van der Waals surface area contributed by atoms with E-state index < -0.39 is 0 Å². The number of amides is 1. The molecule has 1 saturated carbocycles. The normalized spacial score (nSPS) is 16.4. The van der Waals surface area contributed by atoms with Crippen LogP contribution in [0.3, 0.4) is 0 Å². The summed E-state index contributed by atoms with van der Waals surface area (Å²) in [5, 5.41) is 3.85. The van der Waals surface area contributed by atoms with Crippen LogP contribution in [0.25, 0.3) is 0 Å². The fourth-order valence-electron chi connectivity index (χ4n) is 3.45. The molecule has 1 N–H and O–H groups in total.